The van der Waals surface area contributed by atoms with Crippen LogP contribution in [0.3, 0.4) is 0 Å². The van der Waals surface area contributed by atoms with Gasteiger partial charge in [0.25, 0.3) is 0 Å². The van der Waals surface area contributed by atoms with E-state index in [9.17, 15) is 5.11 Å². The van der Waals surface area contributed by atoms with Gasteiger partial charge in [0.15, 0.2) is 0 Å². The fraction of sp³-hybridized carbons (Fsp3) is 0.879. The van der Waals surface area contributed by atoms with Crippen molar-refractivity contribution in [2.75, 3.05) is 13.7 Å². The second-order valence-electron chi connectivity index (χ2n) is 15.4. The Balaban J connectivity index is 1.61. The first-order chi connectivity index (χ1) is 16.2. The minimum atomic E-state index is 0.153. The van der Waals surface area contributed by atoms with E-state index in [4.69, 9.17) is 4.74 Å². The SMILES string of the molecule is C=C(CC[C@@H](CO)[C@H]1CC[C@@]2(C)[C@@H]3CCC4C(C)(C)[C@@H](OC)CC[C@]4(C)C3=CC[C@]12C)C(C)(C)C. The number of hydrogen-bond donors (Lipinski definition) is 1. The maximum atomic E-state index is 10.6. The van der Waals surface area contributed by atoms with E-state index < -0.39 is 0 Å². The van der Waals surface area contributed by atoms with Crippen LogP contribution in [0.2, 0.25) is 0 Å². The molecule has 1 unspecified atom stereocenters. The average Bonchev–Trinajstić information content (AvgIpc) is 3.05. The van der Waals surface area contributed by atoms with Crippen molar-refractivity contribution >= 4 is 0 Å². The number of aliphatic hydroxyl groups is 1. The van der Waals surface area contributed by atoms with Crippen LogP contribution in [0, 0.1) is 50.7 Å². The fourth-order valence-corrected chi connectivity index (χ4v) is 10.1. The fourth-order valence-electron chi connectivity index (χ4n) is 10.1. The molecule has 4 aliphatic carbocycles. The van der Waals surface area contributed by atoms with E-state index in [0.29, 0.717) is 47.2 Å². The highest BCUT2D eigenvalue weighted by molar-refractivity contribution is 5.33. The molecule has 0 aromatic heterocycles. The molecule has 1 N–H and O–H groups in total. The zero-order valence-corrected chi connectivity index (χ0v) is 24.6. The van der Waals surface area contributed by atoms with Gasteiger partial charge in [-0.05, 0) is 109 Å². The number of fused-ring (bicyclic) bond motifs is 5. The second-order valence-corrected chi connectivity index (χ2v) is 15.4. The van der Waals surface area contributed by atoms with Gasteiger partial charge in [-0.15, -0.1) is 0 Å². The van der Waals surface area contributed by atoms with Crippen molar-refractivity contribution in [3.05, 3.63) is 23.8 Å². The molecule has 0 saturated heterocycles. The molecule has 3 saturated carbocycles. The molecule has 0 aromatic carbocycles. The summed E-state index contributed by atoms with van der Waals surface area (Å²) in [6.45, 7) is 24.3. The molecule has 0 aromatic rings. The highest BCUT2D eigenvalue weighted by Gasteiger charge is 2.65. The summed E-state index contributed by atoms with van der Waals surface area (Å²) < 4.78 is 6.01. The molecule has 200 valence electrons. The van der Waals surface area contributed by atoms with Crippen LogP contribution in [0.4, 0.5) is 0 Å². The van der Waals surface area contributed by atoms with E-state index in [1.807, 2.05) is 7.11 Å². The number of ether oxygens (including phenoxy) is 1. The first-order valence-corrected chi connectivity index (χ1v) is 14.7. The summed E-state index contributed by atoms with van der Waals surface area (Å²) in [4.78, 5) is 0. The van der Waals surface area contributed by atoms with Gasteiger partial charge in [-0.3, -0.25) is 0 Å². The molecule has 4 rings (SSSR count). The quantitative estimate of drug-likeness (QED) is 0.382. The summed E-state index contributed by atoms with van der Waals surface area (Å²) in [5, 5.41) is 10.6. The number of rotatable bonds is 6. The minimum absolute atomic E-state index is 0.153. The van der Waals surface area contributed by atoms with Crippen molar-refractivity contribution in [3.63, 3.8) is 0 Å². The van der Waals surface area contributed by atoms with Crippen molar-refractivity contribution in [1.82, 2.24) is 0 Å². The molecule has 0 radical (unpaired) electrons. The highest BCUT2D eigenvalue weighted by atomic mass is 16.5. The zero-order chi connectivity index (χ0) is 26.0. The molecule has 4 aliphatic rings. The third kappa shape index (κ3) is 4.03. The van der Waals surface area contributed by atoms with E-state index in [1.165, 1.54) is 50.5 Å². The molecule has 35 heavy (non-hydrogen) atoms. The summed E-state index contributed by atoms with van der Waals surface area (Å²) in [6, 6.07) is 0. The topological polar surface area (TPSA) is 29.5 Å². The third-order valence-corrected chi connectivity index (χ3v) is 12.8. The molecule has 8 atom stereocenters. The average molecular weight is 485 g/mol. The molecule has 2 nitrogen and oxygen atoms in total. The molecule has 0 spiro atoms. The van der Waals surface area contributed by atoms with Crippen LogP contribution in [0.5, 0.6) is 0 Å². The predicted octanol–water partition coefficient (Wildman–Crippen LogP) is 8.60. The lowest BCUT2D eigenvalue weighted by Crippen LogP contribution is -2.58. The Hall–Kier alpha value is -0.600. The summed E-state index contributed by atoms with van der Waals surface area (Å²) in [5.41, 5.74) is 4.44. The molecule has 2 heteroatoms. The number of allylic oxidation sites excluding steroid dienone is 3. The van der Waals surface area contributed by atoms with Crippen LogP contribution >= 0.6 is 0 Å². The Labute approximate surface area is 217 Å². The normalized spacial score (nSPS) is 43.5. The second kappa shape index (κ2) is 9.00. The lowest BCUT2D eigenvalue weighted by atomic mass is 9.41. The van der Waals surface area contributed by atoms with Crippen molar-refractivity contribution in [3.8, 4) is 0 Å². The zero-order valence-electron chi connectivity index (χ0n) is 24.6. The summed E-state index contributed by atoms with van der Waals surface area (Å²) in [6.07, 6.45) is 14.1. The Morgan fingerprint density at radius 2 is 1.74 bits per heavy atom. The summed E-state index contributed by atoms with van der Waals surface area (Å²) >= 11 is 0. The van der Waals surface area contributed by atoms with Crippen molar-refractivity contribution in [1.29, 1.82) is 0 Å². The van der Waals surface area contributed by atoms with Gasteiger partial charge in [-0.2, -0.15) is 0 Å². The minimum Gasteiger partial charge on any atom is -0.396 e. The Morgan fingerprint density at radius 3 is 2.34 bits per heavy atom. The standard InChI is InChI=1S/C33H56O2/c1-22(29(2,3)4)11-12-23(21-34)24-15-19-33(9)26-13-14-27-30(5,6)28(35-10)17-18-31(27,7)25(26)16-20-32(24,33)8/h16,23-24,26-28,34H,1,11-15,17-21H2,2-10H3/t23-,24+,26+,27?,28-,31+,32+,33-/m0/s1. The van der Waals surface area contributed by atoms with Crippen molar-refractivity contribution in [2.24, 2.45) is 50.7 Å². The van der Waals surface area contributed by atoms with Gasteiger partial charge in [0.05, 0.1) is 6.10 Å². The Morgan fingerprint density at radius 1 is 1.06 bits per heavy atom. The van der Waals surface area contributed by atoms with Gasteiger partial charge in [-0.25, -0.2) is 0 Å². The van der Waals surface area contributed by atoms with Gasteiger partial charge < -0.3 is 9.84 Å². The Kier molecular flexibility index (Phi) is 7.06. The van der Waals surface area contributed by atoms with E-state index in [2.05, 4.69) is 68.0 Å². The van der Waals surface area contributed by atoms with Crippen LogP contribution in [0.15, 0.2) is 23.8 Å². The number of methoxy groups -OCH3 is 1. The van der Waals surface area contributed by atoms with Gasteiger partial charge >= 0.3 is 0 Å². The number of aliphatic hydroxyl groups excluding tert-OH is 1. The third-order valence-electron chi connectivity index (χ3n) is 12.8. The van der Waals surface area contributed by atoms with Crippen LogP contribution in [-0.2, 0) is 4.74 Å². The monoisotopic (exact) mass is 484 g/mol. The molecule has 0 aliphatic heterocycles. The van der Waals surface area contributed by atoms with Gasteiger partial charge in [0, 0.05) is 13.7 Å². The number of hydrogen-bond acceptors (Lipinski definition) is 2. The van der Waals surface area contributed by atoms with Crippen LogP contribution < -0.4 is 0 Å². The first kappa shape index (κ1) is 27.4. The van der Waals surface area contributed by atoms with Crippen molar-refractivity contribution in [2.45, 2.75) is 119 Å². The molecule has 0 amide bonds. The molecule has 0 heterocycles. The van der Waals surface area contributed by atoms with Crippen LogP contribution in [0.25, 0.3) is 0 Å². The van der Waals surface area contributed by atoms with Gasteiger partial charge in [0.2, 0.25) is 0 Å². The lowest BCUT2D eigenvalue weighted by Gasteiger charge is -2.64. The summed E-state index contributed by atoms with van der Waals surface area (Å²) in [5.74, 6) is 2.40. The smallest absolute Gasteiger partial charge is 0.0625 e. The molecular formula is C33H56O2. The molecule has 0 bridgehead atoms. The predicted molar refractivity (Wildman–Crippen MR) is 148 cm³/mol. The largest absolute Gasteiger partial charge is 0.396 e. The van der Waals surface area contributed by atoms with Crippen LogP contribution in [-0.4, -0.2) is 24.9 Å². The van der Waals surface area contributed by atoms with E-state index in [-0.39, 0.29) is 16.2 Å². The van der Waals surface area contributed by atoms with E-state index >= 15 is 0 Å². The summed E-state index contributed by atoms with van der Waals surface area (Å²) in [7, 11) is 1.92. The first-order valence-electron chi connectivity index (χ1n) is 14.7. The Bertz CT molecular complexity index is 846. The maximum absolute atomic E-state index is 10.6. The molecular weight excluding hydrogens is 428 g/mol. The maximum Gasteiger partial charge on any atom is 0.0625 e. The van der Waals surface area contributed by atoms with Gasteiger partial charge in [-0.1, -0.05) is 79.2 Å². The van der Waals surface area contributed by atoms with E-state index in [1.54, 1.807) is 5.57 Å². The molecule has 3 fully saturated rings. The van der Waals surface area contributed by atoms with Crippen LogP contribution in [0.1, 0.15) is 113 Å². The highest BCUT2D eigenvalue weighted by Crippen LogP contribution is 2.73. The lowest BCUT2D eigenvalue weighted by molar-refractivity contribution is -0.130. The van der Waals surface area contributed by atoms with E-state index in [0.717, 1.165) is 12.8 Å². The van der Waals surface area contributed by atoms with Crippen molar-refractivity contribution < 1.29 is 9.84 Å². The van der Waals surface area contributed by atoms with Gasteiger partial charge in [0.1, 0.15) is 0 Å².